The van der Waals surface area contributed by atoms with Gasteiger partial charge in [0.2, 0.25) is 0 Å². The molecule has 0 aromatic heterocycles. The lowest BCUT2D eigenvalue weighted by Gasteiger charge is -2.10. The van der Waals surface area contributed by atoms with Gasteiger partial charge in [-0.15, -0.1) is 0 Å². The summed E-state index contributed by atoms with van der Waals surface area (Å²) in [5.74, 6) is 1.34. The summed E-state index contributed by atoms with van der Waals surface area (Å²) in [6.07, 6.45) is 0.668. The molecule has 2 rings (SSSR count). The molecule has 24 heavy (non-hydrogen) atoms. The van der Waals surface area contributed by atoms with Gasteiger partial charge in [-0.2, -0.15) is 5.26 Å². The summed E-state index contributed by atoms with van der Waals surface area (Å²) in [5.41, 5.74) is 2.22. The summed E-state index contributed by atoms with van der Waals surface area (Å²) < 4.78 is 10.4. The van der Waals surface area contributed by atoms with Crippen molar-refractivity contribution in [2.45, 2.75) is 6.42 Å². The third kappa shape index (κ3) is 4.65. The molecule has 124 valence electrons. The highest BCUT2D eigenvalue weighted by Crippen LogP contribution is 2.27. The van der Waals surface area contributed by atoms with Crippen LogP contribution in [-0.4, -0.2) is 26.8 Å². The second-order valence-corrected chi connectivity index (χ2v) is 5.01. The Bertz CT molecular complexity index is 736. The molecule has 0 bridgehead atoms. The lowest BCUT2D eigenvalue weighted by Crippen LogP contribution is -2.30. The number of methoxy groups -OCH3 is 2. The van der Waals surface area contributed by atoms with Crippen molar-refractivity contribution in [1.82, 2.24) is 5.32 Å². The first-order valence-electron chi connectivity index (χ1n) is 7.42. The van der Waals surface area contributed by atoms with Gasteiger partial charge in [0, 0.05) is 12.2 Å². The van der Waals surface area contributed by atoms with Crippen molar-refractivity contribution in [3.05, 3.63) is 53.6 Å². The summed E-state index contributed by atoms with van der Waals surface area (Å²) in [6.45, 7) is 0.484. The minimum Gasteiger partial charge on any atom is -0.493 e. The molecule has 0 atom stereocenters. The highest BCUT2D eigenvalue weighted by atomic mass is 16.5. The predicted octanol–water partition coefficient (Wildman–Crippen LogP) is 2.94. The van der Waals surface area contributed by atoms with Gasteiger partial charge in [-0.25, -0.2) is 4.79 Å². The molecule has 2 N–H and O–H groups in total. The van der Waals surface area contributed by atoms with Crippen LogP contribution in [0.4, 0.5) is 10.5 Å². The highest BCUT2D eigenvalue weighted by Gasteiger charge is 2.05. The zero-order valence-corrected chi connectivity index (χ0v) is 13.6. The number of nitrogens with zero attached hydrogens (tertiary/aromatic N) is 1. The standard InChI is InChI=1S/C18H19N3O3/c1-23-16-8-5-13(11-17(16)24-2)9-10-20-18(22)21-15-6-3-14(12-19)4-7-15/h3-8,11H,9-10H2,1-2H3,(H2,20,21,22). The third-order valence-electron chi connectivity index (χ3n) is 3.42. The van der Waals surface area contributed by atoms with Gasteiger partial charge >= 0.3 is 6.03 Å². The quantitative estimate of drug-likeness (QED) is 0.855. The van der Waals surface area contributed by atoms with Crippen molar-refractivity contribution in [3.63, 3.8) is 0 Å². The molecule has 2 aromatic carbocycles. The second-order valence-electron chi connectivity index (χ2n) is 5.01. The summed E-state index contributed by atoms with van der Waals surface area (Å²) in [5, 5.41) is 14.2. The molecule has 0 aliphatic carbocycles. The number of benzene rings is 2. The van der Waals surface area contributed by atoms with Crippen LogP contribution in [0.1, 0.15) is 11.1 Å². The maximum Gasteiger partial charge on any atom is 0.319 e. The molecule has 2 amide bonds. The molecule has 2 aromatic rings. The second kappa shape index (κ2) is 8.44. The first-order valence-corrected chi connectivity index (χ1v) is 7.42. The van der Waals surface area contributed by atoms with Crippen LogP contribution in [-0.2, 0) is 6.42 Å². The molecule has 0 unspecified atom stereocenters. The van der Waals surface area contributed by atoms with E-state index in [2.05, 4.69) is 10.6 Å². The fraction of sp³-hybridized carbons (Fsp3) is 0.222. The number of carbonyl (C=O) groups is 1. The summed E-state index contributed by atoms with van der Waals surface area (Å²) in [4.78, 5) is 11.8. The first-order chi connectivity index (χ1) is 11.7. The van der Waals surface area contributed by atoms with Gasteiger partial charge in [0.25, 0.3) is 0 Å². The molecule has 0 saturated carbocycles. The molecule has 0 saturated heterocycles. The molecule has 0 radical (unpaired) electrons. The third-order valence-corrected chi connectivity index (χ3v) is 3.42. The number of hydrogen-bond acceptors (Lipinski definition) is 4. The molecule has 6 nitrogen and oxygen atoms in total. The fourth-order valence-electron chi connectivity index (χ4n) is 2.16. The minimum absolute atomic E-state index is 0.291. The number of rotatable bonds is 6. The van der Waals surface area contributed by atoms with Crippen LogP contribution < -0.4 is 20.1 Å². The lowest BCUT2D eigenvalue weighted by molar-refractivity contribution is 0.252. The molecule has 0 heterocycles. The van der Waals surface area contributed by atoms with Crippen LogP contribution in [0.15, 0.2) is 42.5 Å². The Morgan fingerprint density at radius 2 is 1.79 bits per heavy atom. The zero-order valence-electron chi connectivity index (χ0n) is 13.6. The number of nitriles is 1. The number of ether oxygens (including phenoxy) is 2. The number of anilines is 1. The van der Waals surface area contributed by atoms with Gasteiger partial charge in [0.1, 0.15) is 0 Å². The Kier molecular flexibility index (Phi) is 6.03. The van der Waals surface area contributed by atoms with E-state index in [-0.39, 0.29) is 6.03 Å². The zero-order chi connectivity index (χ0) is 17.4. The van der Waals surface area contributed by atoms with Gasteiger partial charge in [0.15, 0.2) is 11.5 Å². The van der Waals surface area contributed by atoms with Crippen LogP contribution in [0.3, 0.4) is 0 Å². The van der Waals surface area contributed by atoms with Crippen molar-refractivity contribution in [1.29, 1.82) is 5.26 Å². The van der Waals surface area contributed by atoms with E-state index >= 15 is 0 Å². The van der Waals surface area contributed by atoms with Gasteiger partial charge in [-0.1, -0.05) is 6.07 Å². The van der Waals surface area contributed by atoms with Crippen LogP contribution in [0, 0.1) is 11.3 Å². The number of urea groups is 1. The van der Waals surface area contributed by atoms with Crippen LogP contribution >= 0.6 is 0 Å². The van der Waals surface area contributed by atoms with E-state index in [0.29, 0.717) is 35.7 Å². The number of nitrogens with one attached hydrogen (secondary N) is 2. The van der Waals surface area contributed by atoms with Crippen LogP contribution in [0.2, 0.25) is 0 Å². The van der Waals surface area contributed by atoms with Crippen LogP contribution in [0.5, 0.6) is 11.5 Å². The minimum atomic E-state index is -0.291. The lowest BCUT2D eigenvalue weighted by atomic mass is 10.1. The molecular weight excluding hydrogens is 306 g/mol. The first kappa shape index (κ1) is 17.2. The predicted molar refractivity (Wildman–Crippen MR) is 91.4 cm³/mol. The van der Waals surface area contributed by atoms with E-state index in [1.165, 1.54) is 0 Å². The smallest absolute Gasteiger partial charge is 0.319 e. The van der Waals surface area contributed by atoms with E-state index in [0.717, 1.165) is 5.56 Å². The van der Waals surface area contributed by atoms with Crippen molar-refractivity contribution in [3.8, 4) is 17.6 Å². The topological polar surface area (TPSA) is 83.4 Å². The maximum atomic E-state index is 11.8. The van der Waals surface area contributed by atoms with Crippen molar-refractivity contribution < 1.29 is 14.3 Å². The monoisotopic (exact) mass is 325 g/mol. The number of amides is 2. The normalized spacial score (nSPS) is 9.71. The highest BCUT2D eigenvalue weighted by molar-refractivity contribution is 5.89. The van der Waals surface area contributed by atoms with Gasteiger partial charge < -0.3 is 20.1 Å². The van der Waals surface area contributed by atoms with E-state index in [9.17, 15) is 4.79 Å². The Morgan fingerprint density at radius 1 is 1.08 bits per heavy atom. The summed E-state index contributed by atoms with van der Waals surface area (Å²) in [6, 6.07) is 14.1. The van der Waals surface area contributed by atoms with Gasteiger partial charge in [-0.05, 0) is 48.4 Å². The molecular formula is C18H19N3O3. The SMILES string of the molecule is COc1ccc(CCNC(=O)Nc2ccc(C#N)cc2)cc1OC. The molecule has 0 aliphatic heterocycles. The molecule has 0 aliphatic rings. The maximum absolute atomic E-state index is 11.8. The summed E-state index contributed by atoms with van der Waals surface area (Å²) >= 11 is 0. The largest absolute Gasteiger partial charge is 0.493 e. The van der Waals surface area contributed by atoms with Gasteiger partial charge in [0.05, 0.1) is 25.9 Å². The van der Waals surface area contributed by atoms with E-state index in [1.807, 2.05) is 24.3 Å². The molecule has 0 fully saturated rings. The Labute approximate surface area is 141 Å². The molecule has 0 spiro atoms. The van der Waals surface area contributed by atoms with Gasteiger partial charge in [-0.3, -0.25) is 0 Å². The number of hydrogen-bond donors (Lipinski definition) is 2. The van der Waals surface area contributed by atoms with Crippen molar-refractivity contribution in [2.24, 2.45) is 0 Å². The van der Waals surface area contributed by atoms with Crippen molar-refractivity contribution >= 4 is 11.7 Å². The molecule has 6 heteroatoms. The fourth-order valence-corrected chi connectivity index (χ4v) is 2.16. The number of carbonyl (C=O) groups excluding carboxylic acids is 1. The average molecular weight is 325 g/mol. The Morgan fingerprint density at radius 3 is 2.42 bits per heavy atom. The van der Waals surface area contributed by atoms with Crippen LogP contribution in [0.25, 0.3) is 0 Å². The van der Waals surface area contributed by atoms with E-state index in [1.54, 1.807) is 38.5 Å². The average Bonchev–Trinajstić information content (AvgIpc) is 2.62. The van der Waals surface area contributed by atoms with Crippen molar-refractivity contribution in [2.75, 3.05) is 26.1 Å². The Balaban J connectivity index is 1.83. The summed E-state index contributed by atoms with van der Waals surface area (Å²) in [7, 11) is 3.18. The van der Waals surface area contributed by atoms with E-state index < -0.39 is 0 Å². The Hall–Kier alpha value is -3.20. The van der Waals surface area contributed by atoms with E-state index in [4.69, 9.17) is 14.7 Å².